The van der Waals surface area contributed by atoms with Gasteiger partial charge in [-0.15, -0.1) is 0 Å². The first kappa shape index (κ1) is 21.5. The molecule has 3 aliphatic rings. The van der Waals surface area contributed by atoms with Gasteiger partial charge in [-0.2, -0.15) is 4.76 Å². The van der Waals surface area contributed by atoms with E-state index >= 15 is 0 Å². The molecule has 2 heterocycles. The van der Waals surface area contributed by atoms with Gasteiger partial charge in [-0.05, 0) is 67.9 Å². The van der Waals surface area contributed by atoms with Gasteiger partial charge in [-0.3, -0.25) is 5.01 Å². The van der Waals surface area contributed by atoms with Gasteiger partial charge in [0.1, 0.15) is 0 Å². The van der Waals surface area contributed by atoms with E-state index in [1.165, 1.54) is 37.7 Å². The molecule has 2 aromatic rings. The van der Waals surface area contributed by atoms with Crippen molar-refractivity contribution >= 4 is 22.6 Å². The Hall–Kier alpha value is -2.38. The van der Waals surface area contributed by atoms with Crippen molar-refractivity contribution in [1.29, 1.82) is 0 Å². The van der Waals surface area contributed by atoms with E-state index in [-0.39, 0.29) is 6.04 Å². The fraction of sp³-hybridized carbons (Fsp3) is 0.462. The number of aryl methyl sites for hydroxylation is 1. The quantitative estimate of drug-likeness (QED) is 0.376. The highest BCUT2D eigenvalue weighted by molar-refractivity contribution is 5.80. The highest BCUT2D eigenvalue weighted by Crippen LogP contribution is 2.45. The number of rotatable bonds is 3. The van der Waals surface area contributed by atoms with Crippen molar-refractivity contribution in [2.24, 2.45) is 5.92 Å². The lowest BCUT2D eigenvalue weighted by Crippen LogP contribution is -2.59. The van der Waals surface area contributed by atoms with Crippen LogP contribution in [0.5, 0.6) is 0 Å². The zero-order valence-electron chi connectivity index (χ0n) is 18.9. The van der Waals surface area contributed by atoms with Crippen LogP contribution in [0, 0.1) is 18.0 Å². The summed E-state index contributed by atoms with van der Waals surface area (Å²) in [5, 5.41) is 16.9. The number of nitrogens with zero attached hydrogens (tertiary/aromatic N) is 2. The van der Waals surface area contributed by atoms with Crippen molar-refractivity contribution in [2.75, 3.05) is 18.9 Å². The summed E-state index contributed by atoms with van der Waals surface area (Å²) in [6.45, 7) is 3.50. The third kappa shape index (κ3) is 4.04. The summed E-state index contributed by atoms with van der Waals surface area (Å²) < 4.78 is 4.89. The van der Waals surface area contributed by atoms with Crippen molar-refractivity contribution in [2.45, 2.75) is 57.9 Å². The van der Waals surface area contributed by atoms with Crippen molar-refractivity contribution in [3.8, 4) is 0 Å². The number of allylic oxidation sites excluding steroid dienone is 1. The summed E-state index contributed by atoms with van der Waals surface area (Å²) in [6.07, 6.45) is 10.2. The molecule has 1 unspecified atom stereocenters. The standard InChI is InChI=1S/C26H34N4O2/c1-19-7-12-24-25(20-5-3-2-4-6-20)18-29(22-13-15-32-16-14-22)28-30(31,26(24)17-19)23-10-8-21(27)9-11-23/h7-12,17-18,20,22,28H,2-6,13-16,27H2,1H3. The molecule has 0 spiro atoms. The molecular formula is C26H34N4O2. The first-order valence-corrected chi connectivity index (χ1v) is 12.0. The van der Waals surface area contributed by atoms with Crippen LogP contribution in [0.25, 0.3) is 5.57 Å². The number of nitrogen functional groups attached to an aromatic ring is 1. The number of benzene rings is 2. The molecule has 5 rings (SSSR count). The van der Waals surface area contributed by atoms with E-state index in [0.717, 1.165) is 42.9 Å². The highest BCUT2D eigenvalue weighted by Gasteiger charge is 2.37. The van der Waals surface area contributed by atoms with Crippen molar-refractivity contribution < 1.29 is 4.74 Å². The van der Waals surface area contributed by atoms with E-state index < -0.39 is 4.76 Å². The van der Waals surface area contributed by atoms with Crippen LogP contribution in [0.1, 0.15) is 56.1 Å². The molecule has 32 heavy (non-hydrogen) atoms. The minimum atomic E-state index is -0.735. The van der Waals surface area contributed by atoms with Crippen molar-refractivity contribution in [1.82, 2.24) is 15.3 Å². The molecule has 2 aromatic carbocycles. The van der Waals surface area contributed by atoms with Gasteiger partial charge >= 0.3 is 0 Å². The number of ether oxygens (including phenoxy) is 1. The van der Waals surface area contributed by atoms with E-state index in [9.17, 15) is 5.21 Å². The van der Waals surface area contributed by atoms with E-state index in [4.69, 9.17) is 10.5 Å². The summed E-state index contributed by atoms with van der Waals surface area (Å²) in [4.78, 5) is 0. The van der Waals surface area contributed by atoms with Crippen molar-refractivity contribution in [3.05, 3.63) is 65.0 Å². The lowest BCUT2D eigenvalue weighted by molar-refractivity contribution is 0.0128. The lowest BCUT2D eigenvalue weighted by Gasteiger charge is -2.45. The molecule has 1 atom stereocenters. The number of anilines is 1. The molecule has 1 saturated carbocycles. The Morgan fingerprint density at radius 1 is 1.00 bits per heavy atom. The maximum absolute atomic E-state index is 14.8. The molecule has 0 amide bonds. The Morgan fingerprint density at radius 2 is 1.72 bits per heavy atom. The van der Waals surface area contributed by atoms with E-state index in [0.29, 0.717) is 17.3 Å². The van der Waals surface area contributed by atoms with Crippen LogP contribution in [0.15, 0.2) is 48.7 Å². The SMILES string of the molecule is Cc1ccc2c(c1)[N+]([O-])(c1ccc(N)cc1)NN(C1CCOCC1)C=C2C1CCCCC1. The molecule has 3 N–H and O–H groups in total. The Balaban J connectivity index is 1.67. The summed E-state index contributed by atoms with van der Waals surface area (Å²) in [5.41, 5.74) is 14.8. The van der Waals surface area contributed by atoms with E-state index in [2.05, 4.69) is 41.9 Å². The summed E-state index contributed by atoms with van der Waals surface area (Å²) >= 11 is 0. The smallest absolute Gasteiger partial charge is 0.166 e. The molecular weight excluding hydrogens is 400 g/mol. The number of hydrazine groups is 1. The van der Waals surface area contributed by atoms with Crippen LogP contribution in [-0.2, 0) is 4.74 Å². The second-order valence-corrected chi connectivity index (χ2v) is 9.49. The highest BCUT2D eigenvalue weighted by atomic mass is 16.6. The average molecular weight is 435 g/mol. The molecule has 170 valence electrons. The fourth-order valence-corrected chi connectivity index (χ4v) is 5.38. The number of fused-ring (bicyclic) bond motifs is 1. The van der Waals surface area contributed by atoms with Crippen LogP contribution in [0.3, 0.4) is 0 Å². The largest absolute Gasteiger partial charge is 0.600 e. The topological polar surface area (TPSA) is 73.6 Å². The molecule has 6 nitrogen and oxygen atoms in total. The molecule has 6 heteroatoms. The Labute approximate surface area is 190 Å². The molecule has 2 aliphatic heterocycles. The number of nitrogens with two attached hydrogens (primary N) is 1. The van der Waals surface area contributed by atoms with Gasteiger partial charge in [0.2, 0.25) is 0 Å². The normalized spacial score (nSPS) is 25.2. The van der Waals surface area contributed by atoms with E-state index in [1.54, 1.807) is 0 Å². The second kappa shape index (κ2) is 8.87. The van der Waals surface area contributed by atoms with E-state index in [1.807, 2.05) is 24.3 Å². The maximum atomic E-state index is 14.8. The fourth-order valence-electron chi connectivity index (χ4n) is 5.38. The van der Waals surface area contributed by atoms with Crippen LogP contribution >= 0.6 is 0 Å². The summed E-state index contributed by atoms with van der Waals surface area (Å²) in [6, 6.07) is 13.9. The number of quaternary nitrogens is 1. The third-order valence-electron chi connectivity index (χ3n) is 7.22. The van der Waals surface area contributed by atoms with Crippen LogP contribution < -0.4 is 16.0 Å². The zero-order chi connectivity index (χ0) is 22.1. The molecule has 2 fully saturated rings. The van der Waals surface area contributed by atoms with Crippen LogP contribution in [0.2, 0.25) is 0 Å². The van der Waals surface area contributed by atoms with Crippen molar-refractivity contribution in [3.63, 3.8) is 0 Å². The van der Waals surface area contributed by atoms with Gasteiger partial charge in [0, 0.05) is 48.9 Å². The molecule has 0 aromatic heterocycles. The van der Waals surface area contributed by atoms with Crippen LogP contribution in [-0.4, -0.2) is 24.3 Å². The Morgan fingerprint density at radius 3 is 2.44 bits per heavy atom. The molecule has 0 bridgehead atoms. The number of hydrogen-bond donors (Lipinski definition) is 2. The third-order valence-corrected chi connectivity index (χ3v) is 7.22. The van der Waals surface area contributed by atoms with Gasteiger partial charge in [-0.25, -0.2) is 0 Å². The zero-order valence-corrected chi connectivity index (χ0v) is 18.9. The van der Waals surface area contributed by atoms with Gasteiger partial charge < -0.3 is 15.7 Å². The minimum Gasteiger partial charge on any atom is -0.600 e. The van der Waals surface area contributed by atoms with Gasteiger partial charge in [0.25, 0.3) is 0 Å². The summed E-state index contributed by atoms with van der Waals surface area (Å²) in [7, 11) is 0. The average Bonchev–Trinajstić information content (AvgIpc) is 2.96. The maximum Gasteiger partial charge on any atom is 0.166 e. The van der Waals surface area contributed by atoms with Gasteiger partial charge in [0.15, 0.2) is 11.4 Å². The number of hydrogen-bond acceptors (Lipinski definition) is 5. The lowest BCUT2D eigenvalue weighted by atomic mass is 9.80. The van der Waals surface area contributed by atoms with Gasteiger partial charge in [-0.1, -0.05) is 30.9 Å². The predicted octanol–water partition coefficient (Wildman–Crippen LogP) is 5.55. The Bertz CT molecular complexity index is 978. The minimum absolute atomic E-state index is 0.220. The number of nitrogens with one attached hydrogen (secondary N) is 1. The summed E-state index contributed by atoms with van der Waals surface area (Å²) in [5.74, 6) is 0.479. The first-order valence-electron chi connectivity index (χ1n) is 12.0. The first-order chi connectivity index (χ1) is 15.5. The van der Waals surface area contributed by atoms with Crippen LogP contribution in [0.4, 0.5) is 17.1 Å². The molecule has 1 aliphatic carbocycles. The predicted molar refractivity (Wildman–Crippen MR) is 130 cm³/mol. The monoisotopic (exact) mass is 434 g/mol. The second-order valence-electron chi connectivity index (χ2n) is 9.49. The van der Waals surface area contributed by atoms with Gasteiger partial charge in [0.05, 0.1) is 6.04 Å². The molecule has 0 radical (unpaired) electrons. The Kier molecular flexibility index (Phi) is 5.95. The molecule has 1 saturated heterocycles.